The highest BCUT2D eigenvalue weighted by Gasteiger charge is 2.31. The molecular weight excluding hydrogens is 626 g/mol. The average molecular weight is 655 g/mol. The van der Waals surface area contributed by atoms with E-state index in [1.54, 1.807) is 6.07 Å². The number of alkyl halides is 3. The van der Waals surface area contributed by atoms with Crippen LogP contribution in [0.25, 0.3) is 72.9 Å². The largest absolute Gasteiger partial charge is 0.436 e. The molecule has 8 aromatic rings. The summed E-state index contributed by atoms with van der Waals surface area (Å²) in [4.78, 5) is 4.58. The van der Waals surface area contributed by atoms with Crippen molar-refractivity contribution in [3.8, 4) is 50.8 Å². The first-order valence-electron chi connectivity index (χ1n) is 15.7. The first kappa shape index (κ1) is 30.3. The first-order chi connectivity index (χ1) is 23.6. The van der Waals surface area contributed by atoms with Crippen LogP contribution in [0.2, 0.25) is 0 Å². The fourth-order valence-electron chi connectivity index (χ4n) is 6.43. The Bertz CT molecular complexity index is 2480. The Morgan fingerprint density at radius 2 is 1.27 bits per heavy atom. The Hall–Kier alpha value is -6.02. The molecule has 0 radical (unpaired) electrons. The van der Waals surface area contributed by atoms with Crippen molar-refractivity contribution in [1.29, 1.82) is 0 Å². The average Bonchev–Trinajstić information content (AvgIpc) is 3.65. The number of imidazole rings is 1. The van der Waals surface area contributed by atoms with Gasteiger partial charge in [-0.25, -0.2) is 13.9 Å². The van der Waals surface area contributed by atoms with Gasteiger partial charge in [0.2, 0.25) is 5.89 Å². The molecule has 4 nitrogen and oxygen atoms in total. The Labute approximate surface area is 279 Å². The molecule has 0 spiro atoms. The van der Waals surface area contributed by atoms with Crippen molar-refractivity contribution in [2.24, 2.45) is 7.05 Å². The van der Waals surface area contributed by atoms with Crippen molar-refractivity contribution in [3.63, 3.8) is 0 Å². The molecule has 0 aliphatic heterocycles. The number of fused-ring (bicyclic) bond motifs is 2. The summed E-state index contributed by atoms with van der Waals surface area (Å²) in [5.74, 6) is 0.671. The minimum absolute atomic E-state index is 0.222. The minimum atomic E-state index is -4.43. The predicted molar refractivity (Wildman–Crippen MR) is 183 cm³/mol. The lowest BCUT2D eigenvalue weighted by Gasteiger charge is -2.08. The van der Waals surface area contributed by atoms with Crippen LogP contribution in [0.3, 0.4) is 0 Å². The van der Waals surface area contributed by atoms with Gasteiger partial charge in [-0.3, -0.25) is 0 Å². The molecule has 240 valence electrons. The fourth-order valence-corrected chi connectivity index (χ4v) is 6.43. The van der Waals surface area contributed by atoms with Gasteiger partial charge in [0, 0.05) is 11.6 Å². The summed E-state index contributed by atoms with van der Waals surface area (Å²) in [5, 5.41) is 0. The molecule has 8 rings (SSSR count). The monoisotopic (exact) mass is 654 g/mol. The number of rotatable bonds is 5. The van der Waals surface area contributed by atoms with E-state index in [0.29, 0.717) is 22.2 Å². The van der Waals surface area contributed by atoms with E-state index in [9.17, 15) is 17.6 Å². The number of hydrogen-bond donors (Lipinski definition) is 0. The molecule has 2 aromatic heterocycles. The number of halogens is 4. The summed E-state index contributed by atoms with van der Waals surface area (Å²) >= 11 is 0. The molecule has 49 heavy (non-hydrogen) atoms. The highest BCUT2D eigenvalue weighted by molar-refractivity contribution is 5.86. The standard InChI is InChI=1S/C41H28F4N3O/c1-25-22-35-38(49-39(46-35)30-12-16-31(17-13-30)41(43,44)45)24-34(25)40-47(2)36-21-18-32(42)23-37(36)48(40)33-19-14-29(15-20-33)28-10-8-27(9-11-28)26-6-4-3-5-7-26/h3-24H,1-2H3/q+1. The van der Waals surface area contributed by atoms with Crippen molar-refractivity contribution < 1.29 is 26.5 Å². The zero-order valence-electron chi connectivity index (χ0n) is 26.5. The number of hydrogen-bond acceptors (Lipinski definition) is 2. The van der Waals surface area contributed by atoms with Crippen LogP contribution in [0.4, 0.5) is 17.6 Å². The molecule has 0 unspecified atom stereocenters. The van der Waals surface area contributed by atoms with Gasteiger partial charge in [0.15, 0.2) is 16.6 Å². The van der Waals surface area contributed by atoms with Crippen LogP contribution in [0.1, 0.15) is 11.1 Å². The van der Waals surface area contributed by atoms with Gasteiger partial charge >= 0.3 is 6.18 Å². The van der Waals surface area contributed by atoms with Crippen LogP contribution in [0.5, 0.6) is 0 Å². The molecule has 0 N–H and O–H groups in total. The lowest BCUT2D eigenvalue weighted by atomic mass is 10.00. The minimum Gasteiger partial charge on any atom is -0.436 e. The van der Waals surface area contributed by atoms with E-state index in [1.165, 1.54) is 24.3 Å². The molecule has 0 aliphatic rings. The van der Waals surface area contributed by atoms with Crippen molar-refractivity contribution in [2.75, 3.05) is 0 Å². The second-order valence-electron chi connectivity index (χ2n) is 12.1. The van der Waals surface area contributed by atoms with E-state index in [4.69, 9.17) is 4.42 Å². The topological polar surface area (TPSA) is 34.8 Å². The van der Waals surface area contributed by atoms with Gasteiger partial charge in [-0.15, -0.1) is 0 Å². The van der Waals surface area contributed by atoms with E-state index >= 15 is 0 Å². The van der Waals surface area contributed by atoms with Crippen LogP contribution in [-0.2, 0) is 13.2 Å². The number of oxazole rings is 1. The first-order valence-corrected chi connectivity index (χ1v) is 15.7. The third kappa shape index (κ3) is 5.45. The maximum Gasteiger partial charge on any atom is 0.416 e. The van der Waals surface area contributed by atoms with E-state index in [1.807, 2.05) is 65.6 Å². The third-order valence-corrected chi connectivity index (χ3v) is 8.95. The molecule has 8 heteroatoms. The summed E-state index contributed by atoms with van der Waals surface area (Å²) in [6.07, 6.45) is -4.43. The van der Waals surface area contributed by atoms with Crippen LogP contribution in [0.15, 0.2) is 138 Å². The Morgan fingerprint density at radius 3 is 1.90 bits per heavy atom. The zero-order chi connectivity index (χ0) is 33.9. The molecule has 0 fully saturated rings. The lowest BCUT2D eigenvalue weighted by Crippen LogP contribution is -2.30. The van der Waals surface area contributed by atoms with Gasteiger partial charge in [0.1, 0.15) is 17.0 Å². The highest BCUT2D eigenvalue weighted by Crippen LogP contribution is 2.36. The Morgan fingerprint density at radius 1 is 0.673 bits per heavy atom. The molecule has 0 bridgehead atoms. The SMILES string of the molecule is Cc1cc2nc(-c3ccc(C(F)(F)F)cc3)oc2cc1-c1n(-c2ccc(-c3ccc(-c4ccccc4)cc3)cc2)c2cc(F)ccc2[n+]1C. The summed E-state index contributed by atoms with van der Waals surface area (Å²) in [5.41, 5.74) is 9.29. The number of aryl methyl sites for hydroxylation is 2. The number of aromatic nitrogens is 3. The highest BCUT2D eigenvalue weighted by atomic mass is 19.4. The smallest absolute Gasteiger partial charge is 0.416 e. The van der Waals surface area contributed by atoms with Gasteiger partial charge in [0.05, 0.1) is 18.2 Å². The summed E-state index contributed by atoms with van der Waals surface area (Å²) in [7, 11) is 1.94. The fraction of sp³-hybridized carbons (Fsp3) is 0.0732. The van der Waals surface area contributed by atoms with E-state index in [0.717, 1.165) is 62.5 Å². The molecule has 2 heterocycles. The van der Waals surface area contributed by atoms with Crippen molar-refractivity contribution >= 4 is 22.1 Å². The molecule has 0 aliphatic carbocycles. The predicted octanol–water partition coefficient (Wildman–Crippen LogP) is 10.7. The second-order valence-corrected chi connectivity index (χ2v) is 12.1. The molecule has 0 amide bonds. The van der Waals surface area contributed by atoms with Crippen LogP contribution >= 0.6 is 0 Å². The van der Waals surface area contributed by atoms with Crippen LogP contribution in [0, 0.1) is 12.7 Å². The zero-order valence-corrected chi connectivity index (χ0v) is 26.5. The van der Waals surface area contributed by atoms with Gasteiger partial charge in [0.25, 0.3) is 5.82 Å². The van der Waals surface area contributed by atoms with Crippen LogP contribution in [-0.4, -0.2) is 9.55 Å². The van der Waals surface area contributed by atoms with E-state index in [-0.39, 0.29) is 11.7 Å². The van der Waals surface area contributed by atoms with Crippen molar-refractivity contribution in [1.82, 2.24) is 9.55 Å². The molecule has 6 aromatic carbocycles. The molecule has 0 saturated heterocycles. The quantitative estimate of drug-likeness (QED) is 0.137. The van der Waals surface area contributed by atoms with Crippen LogP contribution < -0.4 is 4.57 Å². The number of benzene rings is 6. The lowest BCUT2D eigenvalue weighted by molar-refractivity contribution is -0.633. The summed E-state index contributed by atoms with van der Waals surface area (Å²) in [6, 6.07) is 40.1. The normalized spacial score (nSPS) is 11.9. The van der Waals surface area contributed by atoms with E-state index in [2.05, 4.69) is 53.5 Å². The number of nitrogens with zero attached hydrogens (tertiary/aromatic N) is 3. The van der Waals surface area contributed by atoms with Gasteiger partial charge in [-0.1, -0.05) is 66.7 Å². The van der Waals surface area contributed by atoms with Gasteiger partial charge in [-0.05, 0) is 95.4 Å². The molecular formula is C41H28F4N3O+. The van der Waals surface area contributed by atoms with Crippen molar-refractivity contribution in [2.45, 2.75) is 13.1 Å². The van der Waals surface area contributed by atoms with Gasteiger partial charge in [-0.2, -0.15) is 17.7 Å². The maximum absolute atomic E-state index is 14.8. The van der Waals surface area contributed by atoms with Gasteiger partial charge < -0.3 is 4.42 Å². The third-order valence-electron chi connectivity index (χ3n) is 8.95. The molecule has 0 saturated carbocycles. The van der Waals surface area contributed by atoms with Crippen molar-refractivity contribution in [3.05, 3.63) is 150 Å². The summed E-state index contributed by atoms with van der Waals surface area (Å²) < 4.78 is 64.3. The second kappa shape index (κ2) is 11.6. The maximum atomic E-state index is 14.8. The Balaban J connectivity index is 1.21. The molecule has 0 atom stereocenters. The van der Waals surface area contributed by atoms with E-state index < -0.39 is 11.7 Å². The summed E-state index contributed by atoms with van der Waals surface area (Å²) in [6.45, 7) is 1.96. The Kier molecular flexibility index (Phi) is 7.17.